The van der Waals surface area contributed by atoms with Crippen LogP contribution in [0.3, 0.4) is 0 Å². The standard InChI is InChI=1S/C19H17ClN2O6/c1-24-15-8-16(25-2)12(20)6-11(15)13-7-18(28-22-13)19(23)21-10-3-4-14-17(5-10)27-9-26-14/h3-6,8,18H,7,9H2,1-2H3,(H,21,23)/t18-/m1/s1. The van der Waals surface area contributed by atoms with Crippen LogP contribution in [0.2, 0.25) is 5.02 Å². The van der Waals surface area contributed by atoms with E-state index in [0.29, 0.717) is 45.0 Å². The van der Waals surface area contributed by atoms with Gasteiger partial charge in [-0.1, -0.05) is 16.8 Å². The first kappa shape index (κ1) is 18.2. The van der Waals surface area contributed by atoms with Crippen molar-refractivity contribution >= 4 is 28.9 Å². The maximum Gasteiger partial charge on any atom is 0.268 e. The van der Waals surface area contributed by atoms with Crippen molar-refractivity contribution in [2.45, 2.75) is 12.5 Å². The number of methoxy groups -OCH3 is 2. The van der Waals surface area contributed by atoms with Crippen LogP contribution in [0.5, 0.6) is 23.0 Å². The maximum absolute atomic E-state index is 12.6. The number of nitrogens with zero attached hydrogens (tertiary/aromatic N) is 1. The summed E-state index contributed by atoms with van der Waals surface area (Å²) in [4.78, 5) is 17.9. The van der Waals surface area contributed by atoms with Crippen LogP contribution in [0, 0.1) is 0 Å². The molecular formula is C19H17ClN2O6. The van der Waals surface area contributed by atoms with Crippen molar-refractivity contribution in [2.24, 2.45) is 5.16 Å². The molecule has 1 atom stereocenters. The van der Waals surface area contributed by atoms with E-state index in [1.165, 1.54) is 14.2 Å². The van der Waals surface area contributed by atoms with Crippen molar-refractivity contribution in [3.8, 4) is 23.0 Å². The maximum atomic E-state index is 12.6. The molecule has 0 bridgehead atoms. The minimum Gasteiger partial charge on any atom is -0.496 e. The Balaban J connectivity index is 1.46. The molecule has 2 aromatic carbocycles. The number of fused-ring (bicyclic) bond motifs is 1. The monoisotopic (exact) mass is 404 g/mol. The molecule has 2 aromatic rings. The van der Waals surface area contributed by atoms with E-state index in [2.05, 4.69) is 10.5 Å². The third-order valence-electron chi connectivity index (χ3n) is 4.39. The van der Waals surface area contributed by atoms with Gasteiger partial charge in [0.1, 0.15) is 11.5 Å². The Morgan fingerprint density at radius 1 is 1.14 bits per heavy atom. The molecule has 28 heavy (non-hydrogen) atoms. The quantitative estimate of drug-likeness (QED) is 0.823. The summed E-state index contributed by atoms with van der Waals surface area (Å²) in [5, 5.41) is 7.25. The van der Waals surface area contributed by atoms with E-state index in [4.69, 9.17) is 35.4 Å². The Bertz CT molecular complexity index is 962. The van der Waals surface area contributed by atoms with E-state index in [-0.39, 0.29) is 19.1 Å². The summed E-state index contributed by atoms with van der Waals surface area (Å²) < 4.78 is 21.2. The molecule has 9 heteroatoms. The van der Waals surface area contributed by atoms with E-state index in [1.807, 2.05) is 0 Å². The normalized spacial score (nSPS) is 17.0. The molecule has 4 rings (SSSR count). The number of amides is 1. The fourth-order valence-corrected chi connectivity index (χ4v) is 3.20. The summed E-state index contributed by atoms with van der Waals surface area (Å²) in [6.07, 6.45) is -0.499. The first-order valence-electron chi connectivity index (χ1n) is 8.44. The number of hydrogen-bond donors (Lipinski definition) is 1. The number of benzene rings is 2. The molecule has 8 nitrogen and oxygen atoms in total. The van der Waals surface area contributed by atoms with Crippen LogP contribution in [-0.4, -0.2) is 38.7 Å². The number of carbonyl (C=O) groups excluding carboxylic acids is 1. The average molecular weight is 405 g/mol. The molecule has 2 aliphatic heterocycles. The Morgan fingerprint density at radius 2 is 1.93 bits per heavy atom. The van der Waals surface area contributed by atoms with Gasteiger partial charge in [-0.3, -0.25) is 4.79 Å². The molecule has 0 fully saturated rings. The van der Waals surface area contributed by atoms with Gasteiger partial charge in [0.15, 0.2) is 11.5 Å². The Labute approximate surface area is 165 Å². The van der Waals surface area contributed by atoms with Crippen LogP contribution in [-0.2, 0) is 9.63 Å². The smallest absolute Gasteiger partial charge is 0.268 e. The molecule has 0 aliphatic carbocycles. The summed E-state index contributed by atoms with van der Waals surface area (Å²) in [5.74, 6) is 1.92. The zero-order valence-electron chi connectivity index (χ0n) is 15.2. The molecule has 0 saturated carbocycles. The number of carbonyl (C=O) groups is 1. The molecule has 0 radical (unpaired) electrons. The summed E-state index contributed by atoms with van der Waals surface area (Å²) >= 11 is 6.21. The van der Waals surface area contributed by atoms with Crippen molar-refractivity contribution in [3.63, 3.8) is 0 Å². The number of oxime groups is 1. The van der Waals surface area contributed by atoms with E-state index in [9.17, 15) is 4.79 Å². The van der Waals surface area contributed by atoms with Gasteiger partial charge in [-0.25, -0.2) is 0 Å². The zero-order valence-corrected chi connectivity index (χ0v) is 15.9. The van der Waals surface area contributed by atoms with Crippen LogP contribution in [0.1, 0.15) is 12.0 Å². The summed E-state index contributed by atoms with van der Waals surface area (Å²) in [7, 11) is 3.05. The van der Waals surface area contributed by atoms with Gasteiger partial charge < -0.3 is 29.1 Å². The Kier molecular flexibility index (Phi) is 4.87. The highest BCUT2D eigenvalue weighted by atomic mass is 35.5. The van der Waals surface area contributed by atoms with E-state index in [0.717, 1.165) is 0 Å². The molecule has 0 saturated heterocycles. The van der Waals surface area contributed by atoms with Crippen LogP contribution >= 0.6 is 11.6 Å². The molecule has 1 amide bonds. The lowest BCUT2D eigenvalue weighted by Gasteiger charge is -2.12. The SMILES string of the molecule is COc1cc(OC)c(C2=NO[C@@H](C(=O)Nc3ccc4c(c3)OCO4)C2)cc1Cl. The van der Waals surface area contributed by atoms with Gasteiger partial charge in [0.2, 0.25) is 12.9 Å². The molecular weight excluding hydrogens is 388 g/mol. The van der Waals surface area contributed by atoms with Crippen LogP contribution in [0.4, 0.5) is 5.69 Å². The minimum absolute atomic E-state index is 0.169. The fourth-order valence-electron chi connectivity index (χ4n) is 2.96. The molecule has 1 N–H and O–H groups in total. The van der Waals surface area contributed by atoms with Crippen molar-refractivity contribution in [1.82, 2.24) is 0 Å². The van der Waals surface area contributed by atoms with Gasteiger partial charge in [-0.2, -0.15) is 0 Å². The second-order valence-corrected chi connectivity index (χ2v) is 6.49. The van der Waals surface area contributed by atoms with Gasteiger partial charge in [0, 0.05) is 29.8 Å². The molecule has 2 heterocycles. The van der Waals surface area contributed by atoms with Gasteiger partial charge in [-0.05, 0) is 18.2 Å². The summed E-state index contributed by atoms with van der Waals surface area (Å²) in [6, 6.07) is 8.51. The minimum atomic E-state index is -0.772. The highest BCUT2D eigenvalue weighted by Crippen LogP contribution is 2.36. The van der Waals surface area contributed by atoms with Gasteiger partial charge in [0.25, 0.3) is 5.91 Å². The first-order chi connectivity index (χ1) is 13.6. The molecule has 0 spiro atoms. The predicted octanol–water partition coefficient (Wildman–Crippen LogP) is 3.22. The van der Waals surface area contributed by atoms with Crippen LogP contribution in [0.15, 0.2) is 35.5 Å². The molecule has 2 aliphatic rings. The van der Waals surface area contributed by atoms with E-state index >= 15 is 0 Å². The van der Waals surface area contributed by atoms with Crippen LogP contribution < -0.4 is 24.3 Å². The van der Waals surface area contributed by atoms with Gasteiger partial charge in [-0.15, -0.1) is 0 Å². The van der Waals surface area contributed by atoms with Crippen molar-refractivity contribution in [2.75, 3.05) is 26.3 Å². The first-order valence-corrected chi connectivity index (χ1v) is 8.82. The Morgan fingerprint density at radius 3 is 2.71 bits per heavy atom. The number of anilines is 1. The van der Waals surface area contributed by atoms with Crippen molar-refractivity contribution < 1.29 is 28.6 Å². The largest absolute Gasteiger partial charge is 0.496 e. The highest BCUT2D eigenvalue weighted by molar-refractivity contribution is 6.32. The number of rotatable bonds is 5. The topological polar surface area (TPSA) is 87.6 Å². The van der Waals surface area contributed by atoms with Crippen molar-refractivity contribution in [1.29, 1.82) is 0 Å². The predicted molar refractivity (Wildman–Crippen MR) is 102 cm³/mol. The van der Waals surface area contributed by atoms with Crippen molar-refractivity contribution in [3.05, 3.63) is 40.9 Å². The molecule has 0 unspecified atom stereocenters. The third-order valence-corrected chi connectivity index (χ3v) is 4.68. The second-order valence-electron chi connectivity index (χ2n) is 6.08. The molecule has 0 aromatic heterocycles. The van der Waals surface area contributed by atoms with Crippen LogP contribution in [0.25, 0.3) is 0 Å². The summed E-state index contributed by atoms with van der Waals surface area (Å²) in [6.45, 7) is 0.169. The van der Waals surface area contributed by atoms with Gasteiger partial charge >= 0.3 is 0 Å². The lowest BCUT2D eigenvalue weighted by Crippen LogP contribution is -2.28. The van der Waals surface area contributed by atoms with E-state index in [1.54, 1.807) is 30.3 Å². The number of nitrogens with one attached hydrogen (secondary N) is 1. The second kappa shape index (κ2) is 7.47. The summed E-state index contributed by atoms with van der Waals surface area (Å²) in [5.41, 5.74) is 1.79. The fraction of sp³-hybridized carbons (Fsp3) is 0.263. The molecule has 146 valence electrons. The average Bonchev–Trinajstić information content (AvgIpc) is 3.37. The third kappa shape index (κ3) is 3.38. The number of ether oxygens (including phenoxy) is 4. The number of hydrogen-bond acceptors (Lipinski definition) is 7. The van der Waals surface area contributed by atoms with Gasteiger partial charge in [0.05, 0.1) is 25.0 Å². The lowest BCUT2D eigenvalue weighted by molar-refractivity contribution is -0.125. The highest BCUT2D eigenvalue weighted by Gasteiger charge is 2.31. The lowest BCUT2D eigenvalue weighted by atomic mass is 10.0. The van der Waals surface area contributed by atoms with E-state index < -0.39 is 6.10 Å². The number of halogens is 1. The zero-order chi connectivity index (χ0) is 19.7. The Hall–Kier alpha value is -3.13.